The molecule has 0 fully saturated rings. The van der Waals surface area contributed by atoms with E-state index in [9.17, 15) is 4.79 Å². The number of aliphatic carboxylic acids is 1. The SMILES string of the molecule is O=C(O)CNc1ccc(-c2cc[nH]c2)nn1. The van der Waals surface area contributed by atoms with Crippen molar-refractivity contribution in [3.63, 3.8) is 0 Å². The van der Waals surface area contributed by atoms with Gasteiger partial charge in [-0.2, -0.15) is 0 Å². The molecule has 0 atom stereocenters. The molecule has 0 radical (unpaired) electrons. The van der Waals surface area contributed by atoms with E-state index in [0.717, 1.165) is 11.3 Å². The molecular formula is C10H10N4O2. The molecule has 2 aromatic heterocycles. The number of hydrogen-bond acceptors (Lipinski definition) is 4. The van der Waals surface area contributed by atoms with Crippen LogP contribution in [-0.2, 0) is 4.79 Å². The number of aromatic amines is 1. The Kier molecular flexibility index (Phi) is 2.81. The maximum atomic E-state index is 10.3. The van der Waals surface area contributed by atoms with Crippen LogP contribution < -0.4 is 5.32 Å². The van der Waals surface area contributed by atoms with Gasteiger partial charge >= 0.3 is 5.97 Å². The van der Waals surface area contributed by atoms with Gasteiger partial charge in [0.05, 0.1) is 5.69 Å². The molecule has 6 nitrogen and oxygen atoms in total. The van der Waals surface area contributed by atoms with Crippen LogP contribution in [0.2, 0.25) is 0 Å². The molecule has 0 aliphatic rings. The summed E-state index contributed by atoms with van der Waals surface area (Å²) in [6, 6.07) is 5.35. The number of nitrogens with zero attached hydrogens (tertiary/aromatic N) is 2. The van der Waals surface area contributed by atoms with E-state index in [0.29, 0.717) is 5.82 Å². The van der Waals surface area contributed by atoms with Gasteiger partial charge in [0.1, 0.15) is 12.4 Å². The Morgan fingerprint density at radius 2 is 2.25 bits per heavy atom. The quantitative estimate of drug-likeness (QED) is 0.711. The molecule has 3 N–H and O–H groups in total. The molecule has 2 heterocycles. The molecule has 0 aliphatic carbocycles. The van der Waals surface area contributed by atoms with Crippen molar-refractivity contribution < 1.29 is 9.90 Å². The molecular weight excluding hydrogens is 208 g/mol. The third-order valence-corrected chi connectivity index (χ3v) is 1.98. The number of aromatic nitrogens is 3. The summed E-state index contributed by atoms with van der Waals surface area (Å²) >= 11 is 0. The van der Waals surface area contributed by atoms with Crippen LogP contribution in [0.15, 0.2) is 30.6 Å². The first-order valence-corrected chi connectivity index (χ1v) is 4.68. The molecule has 0 aromatic carbocycles. The minimum atomic E-state index is -0.934. The van der Waals surface area contributed by atoms with E-state index < -0.39 is 5.97 Å². The Morgan fingerprint density at radius 3 is 2.81 bits per heavy atom. The summed E-state index contributed by atoms with van der Waals surface area (Å²) in [5.41, 5.74) is 1.68. The van der Waals surface area contributed by atoms with Gasteiger partial charge in [0.2, 0.25) is 0 Å². The Morgan fingerprint density at radius 1 is 1.38 bits per heavy atom. The summed E-state index contributed by atoms with van der Waals surface area (Å²) in [5, 5.41) is 18.9. The van der Waals surface area contributed by atoms with E-state index in [2.05, 4.69) is 20.5 Å². The van der Waals surface area contributed by atoms with Gasteiger partial charge in [-0.3, -0.25) is 4.79 Å². The van der Waals surface area contributed by atoms with Crippen molar-refractivity contribution in [2.24, 2.45) is 0 Å². The smallest absolute Gasteiger partial charge is 0.322 e. The number of carboxylic acid groups (broad SMARTS) is 1. The van der Waals surface area contributed by atoms with E-state index in [-0.39, 0.29) is 6.54 Å². The Bertz CT molecular complexity index is 464. The van der Waals surface area contributed by atoms with Crippen LogP contribution in [0.3, 0.4) is 0 Å². The maximum Gasteiger partial charge on any atom is 0.322 e. The van der Waals surface area contributed by atoms with E-state index in [4.69, 9.17) is 5.11 Å². The van der Waals surface area contributed by atoms with Gasteiger partial charge in [-0.25, -0.2) is 0 Å². The third-order valence-electron chi connectivity index (χ3n) is 1.98. The molecule has 0 saturated heterocycles. The molecule has 0 bridgehead atoms. The Hall–Kier alpha value is -2.37. The van der Waals surface area contributed by atoms with Crippen molar-refractivity contribution >= 4 is 11.8 Å². The fourth-order valence-electron chi connectivity index (χ4n) is 1.23. The highest BCUT2D eigenvalue weighted by Crippen LogP contribution is 2.15. The summed E-state index contributed by atoms with van der Waals surface area (Å²) in [6.45, 7) is -0.168. The number of nitrogens with one attached hydrogen (secondary N) is 2. The molecule has 0 spiro atoms. The van der Waals surface area contributed by atoms with Crippen molar-refractivity contribution in [1.82, 2.24) is 15.2 Å². The lowest BCUT2D eigenvalue weighted by Crippen LogP contribution is -2.13. The molecule has 0 saturated carbocycles. The molecule has 6 heteroatoms. The first kappa shape index (κ1) is 10.2. The van der Waals surface area contributed by atoms with E-state index in [1.54, 1.807) is 18.3 Å². The van der Waals surface area contributed by atoms with Crippen molar-refractivity contribution in [3.05, 3.63) is 30.6 Å². The van der Waals surface area contributed by atoms with Gasteiger partial charge in [0.25, 0.3) is 0 Å². The number of carbonyl (C=O) groups is 1. The second-order valence-electron chi connectivity index (χ2n) is 3.15. The lowest BCUT2D eigenvalue weighted by atomic mass is 10.2. The van der Waals surface area contributed by atoms with Crippen LogP contribution in [0.5, 0.6) is 0 Å². The Balaban J connectivity index is 2.08. The minimum Gasteiger partial charge on any atom is -0.480 e. The maximum absolute atomic E-state index is 10.3. The van der Waals surface area contributed by atoms with Crippen molar-refractivity contribution in [2.75, 3.05) is 11.9 Å². The highest BCUT2D eigenvalue weighted by molar-refractivity contribution is 5.72. The lowest BCUT2D eigenvalue weighted by Gasteiger charge is -2.01. The Labute approximate surface area is 91.3 Å². The largest absolute Gasteiger partial charge is 0.480 e. The van der Waals surface area contributed by atoms with E-state index in [1.165, 1.54) is 0 Å². The topological polar surface area (TPSA) is 90.9 Å². The fraction of sp³-hybridized carbons (Fsp3) is 0.100. The predicted molar refractivity (Wildman–Crippen MR) is 57.9 cm³/mol. The molecule has 0 unspecified atom stereocenters. The van der Waals surface area contributed by atoms with E-state index in [1.807, 2.05) is 12.3 Å². The fourth-order valence-corrected chi connectivity index (χ4v) is 1.23. The minimum absolute atomic E-state index is 0.168. The summed E-state index contributed by atoms with van der Waals surface area (Å²) < 4.78 is 0. The second-order valence-corrected chi connectivity index (χ2v) is 3.15. The number of hydrogen-bond donors (Lipinski definition) is 3. The number of rotatable bonds is 4. The van der Waals surface area contributed by atoms with Crippen LogP contribution >= 0.6 is 0 Å². The lowest BCUT2D eigenvalue weighted by molar-refractivity contribution is -0.134. The van der Waals surface area contributed by atoms with Crippen LogP contribution in [0.25, 0.3) is 11.3 Å². The zero-order valence-electron chi connectivity index (χ0n) is 8.34. The first-order valence-electron chi connectivity index (χ1n) is 4.68. The van der Waals surface area contributed by atoms with Crippen molar-refractivity contribution in [3.8, 4) is 11.3 Å². The second kappa shape index (κ2) is 4.43. The number of anilines is 1. The van der Waals surface area contributed by atoms with Gasteiger partial charge in [0.15, 0.2) is 0 Å². The van der Waals surface area contributed by atoms with Crippen LogP contribution in [0.4, 0.5) is 5.82 Å². The monoisotopic (exact) mass is 218 g/mol. The zero-order chi connectivity index (χ0) is 11.4. The molecule has 0 amide bonds. The van der Waals surface area contributed by atoms with Gasteiger partial charge in [0, 0.05) is 18.0 Å². The number of carboxylic acids is 1. The molecule has 16 heavy (non-hydrogen) atoms. The summed E-state index contributed by atoms with van der Waals surface area (Å²) in [7, 11) is 0. The molecule has 0 aliphatic heterocycles. The van der Waals surface area contributed by atoms with Crippen molar-refractivity contribution in [2.45, 2.75) is 0 Å². The van der Waals surface area contributed by atoms with Gasteiger partial charge in [-0.1, -0.05) is 0 Å². The van der Waals surface area contributed by atoms with E-state index >= 15 is 0 Å². The van der Waals surface area contributed by atoms with Gasteiger partial charge < -0.3 is 15.4 Å². The first-order chi connectivity index (χ1) is 7.75. The van der Waals surface area contributed by atoms with Gasteiger partial charge in [-0.15, -0.1) is 10.2 Å². The zero-order valence-corrected chi connectivity index (χ0v) is 8.34. The van der Waals surface area contributed by atoms with Crippen LogP contribution in [-0.4, -0.2) is 32.8 Å². The molecule has 2 aromatic rings. The highest BCUT2D eigenvalue weighted by Gasteiger charge is 2.02. The molecule has 82 valence electrons. The predicted octanol–water partition coefficient (Wildman–Crippen LogP) is 0.968. The number of H-pyrrole nitrogens is 1. The normalized spacial score (nSPS) is 10.0. The molecule has 2 rings (SSSR count). The summed E-state index contributed by atoms with van der Waals surface area (Å²) in [4.78, 5) is 13.2. The van der Waals surface area contributed by atoms with Gasteiger partial charge in [-0.05, 0) is 18.2 Å². The highest BCUT2D eigenvalue weighted by atomic mass is 16.4. The van der Waals surface area contributed by atoms with Crippen molar-refractivity contribution in [1.29, 1.82) is 0 Å². The summed E-state index contributed by atoms with van der Waals surface area (Å²) in [6.07, 6.45) is 3.61. The average molecular weight is 218 g/mol. The standard InChI is InChI=1S/C10H10N4O2/c15-10(16)6-12-9-2-1-8(13-14-9)7-3-4-11-5-7/h1-5,11H,6H2,(H,12,14)(H,15,16). The summed E-state index contributed by atoms with van der Waals surface area (Å²) in [5.74, 6) is -0.488. The average Bonchev–Trinajstić information content (AvgIpc) is 2.80. The third kappa shape index (κ3) is 2.35. The van der Waals surface area contributed by atoms with Crippen LogP contribution in [0.1, 0.15) is 0 Å². The van der Waals surface area contributed by atoms with Crippen LogP contribution in [0, 0.1) is 0 Å².